The number of aromatic nitrogens is 1. The fourth-order valence-electron chi connectivity index (χ4n) is 1.31. The fraction of sp³-hybridized carbons (Fsp3) is 0.100. The minimum atomic E-state index is 0.510. The topological polar surface area (TPSA) is 32.9 Å². The first-order valence-electron chi connectivity index (χ1n) is 3.77. The lowest BCUT2D eigenvalue weighted by molar-refractivity contribution is 0.562. The van der Waals surface area contributed by atoms with Gasteiger partial charge >= 0.3 is 0 Å². The molecule has 0 aliphatic rings. The smallest absolute Gasteiger partial charge is 0.251 e. The second kappa shape index (κ2) is 2.48. The summed E-state index contributed by atoms with van der Waals surface area (Å²) >= 11 is 0. The van der Waals surface area contributed by atoms with Crippen LogP contribution in [0.1, 0.15) is 11.3 Å². The largest absolute Gasteiger partial charge is 0.352 e. The quantitative estimate of drug-likeness (QED) is 0.675. The van der Waals surface area contributed by atoms with Gasteiger partial charge in [-0.2, -0.15) is 0 Å². The van der Waals surface area contributed by atoms with Crippen LogP contribution in [0.15, 0.2) is 24.3 Å². The summed E-state index contributed by atoms with van der Waals surface area (Å²) in [5.74, 6) is 0. The Morgan fingerprint density at radius 1 is 1.33 bits per heavy atom. The van der Waals surface area contributed by atoms with Crippen molar-refractivity contribution in [1.82, 2.24) is 4.98 Å². The molecular weight excluding hydrogens is 150 g/mol. The Hall–Kier alpha value is -1.57. The lowest BCUT2D eigenvalue weighted by Gasteiger charge is -1.90. The molecule has 1 N–H and O–H groups in total. The van der Waals surface area contributed by atoms with Crippen molar-refractivity contribution < 1.29 is 4.79 Å². The lowest BCUT2D eigenvalue weighted by atomic mass is 10.2. The number of hydrogen-bond acceptors (Lipinski definition) is 1. The van der Waals surface area contributed by atoms with Crippen molar-refractivity contribution in [3.8, 4) is 0 Å². The molecule has 0 atom stereocenters. The number of H-pyrrole nitrogens is 1. The molecule has 2 rings (SSSR count). The molecule has 0 aliphatic heterocycles. The monoisotopic (exact) mass is 158 g/mol. The normalized spacial score (nSPS) is 10.4. The lowest BCUT2D eigenvalue weighted by Crippen LogP contribution is -1.75. The van der Waals surface area contributed by atoms with Crippen LogP contribution in [0.4, 0.5) is 0 Å². The van der Waals surface area contributed by atoms with Crippen LogP contribution in [0.2, 0.25) is 0 Å². The van der Waals surface area contributed by atoms with E-state index in [0.29, 0.717) is 5.69 Å². The van der Waals surface area contributed by atoms with Crippen LogP contribution in [-0.4, -0.2) is 11.3 Å². The van der Waals surface area contributed by atoms with Crippen molar-refractivity contribution in [1.29, 1.82) is 0 Å². The molecule has 0 aliphatic carbocycles. The molecule has 0 saturated heterocycles. The highest BCUT2D eigenvalue weighted by atomic mass is 16.1. The Labute approximate surface area is 70.2 Å². The Bertz CT molecular complexity index is 428. The van der Waals surface area contributed by atoms with E-state index < -0.39 is 0 Å². The van der Waals surface area contributed by atoms with Gasteiger partial charge < -0.3 is 4.98 Å². The maximum Gasteiger partial charge on any atom is 0.251 e. The third-order valence-corrected chi connectivity index (χ3v) is 1.89. The highest BCUT2D eigenvalue weighted by Gasteiger charge is 1.98. The Balaban J connectivity index is 2.75. The second-order valence-corrected chi connectivity index (χ2v) is 2.88. The van der Waals surface area contributed by atoms with E-state index in [1.54, 1.807) is 6.07 Å². The second-order valence-electron chi connectivity index (χ2n) is 2.88. The van der Waals surface area contributed by atoms with Gasteiger partial charge in [0.05, 0.1) is 5.69 Å². The molecule has 0 saturated carbocycles. The molecule has 1 heterocycles. The van der Waals surface area contributed by atoms with Gasteiger partial charge in [0.15, 0.2) is 0 Å². The third-order valence-electron chi connectivity index (χ3n) is 1.89. The summed E-state index contributed by atoms with van der Waals surface area (Å²) in [6.45, 7) is 2.02. The molecular formula is C10H8NO. The number of carbonyl (C=O) groups excluding carboxylic acids is 1. The first-order chi connectivity index (χ1) is 5.79. The minimum absolute atomic E-state index is 0.510. The van der Waals surface area contributed by atoms with Crippen molar-refractivity contribution in [3.05, 3.63) is 35.5 Å². The number of hydrogen-bond donors (Lipinski definition) is 1. The molecule has 0 fully saturated rings. The van der Waals surface area contributed by atoms with Gasteiger partial charge in [0.2, 0.25) is 0 Å². The maximum atomic E-state index is 10.3. The summed E-state index contributed by atoms with van der Waals surface area (Å²) in [7, 11) is 0. The summed E-state index contributed by atoms with van der Waals surface area (Å²) in [5.41, 5.74) is 2.69. The standard InChI is InChI=1S/C10H8NO/c1-7-2-3-10-8(4-7)5-9(6-12)11-10/h2-5,11H,1H3. The Morgan fingerprint density at radius 3 is 2.92 bits per heavy atom. The predicted octanol–water partition coefficient (Wildman–Crippen LogP) is 1.93. The highest BCUT2D eigenvalue weighted by Crippen LogP contribution is 2.15. The van der Waals surface area contributed by atoms with Gasteiger partial charge in [-0.3, -0.25) is 4.79 Å². The zero-order valence-electron chi connectivity index (χ0n) is 6.72. The molecule has 0 spiro atoms. The van der Waals surface area contributed by atoms with Gasteiger partial charge in [-0.25, -0.2) is 0 Å². The molecule has 2 heteroatoms. The molecule has 2 nitrogen and oxygen atoms in total. The SMILES string of the molecule is Cc1ccc2[nH]c([C]=O)cc2c1. The summed E-state index contributed by atoms with van der Waals surface area (Å²) in [6, 6.07) is 7.81. The number of benzene rings is 1. The van der Waals surface area contributed by atoms with Crippen LogP contribution in [0.3, 0.4) is 0 Å². The van der Waals surface area contributed by atoms with E-state index >= 15 is 0 Å². The van der Waals surface area contributed by atoms with Crippen LogP contribution in [0, 0.1) is 6.92 Å². The van der Waals surface area contributed by atoms with Crippen LogP contribution < -0.4 is 0 Å². The minimum Gasteiger partial charge on any atom is -0.352 e. The highest BCUT2D eigenvalue weighted by molar-refractivity contribution is 5.88. The fourth-order valence-corrected chi connectivity index (χ4v) is 1.31. The van der Waals surface area contributed by atoms with Gasteiger partial charge in [0.1, 0.15) is 0 Å². The first-order valence-corrected chi connectivity index (χ1v) is 3.77. The van der Waals surface area contributed by atoms with Crippen molar-refractivity contribution in [3.63, 3.8) is 0 Å². The number of aromatic amines is 1. The number of nitrogens with one attached hydrogen (secondary N) is 1. The zero-order valence-corrected chi connectivity index (χ0v) is 6.72. The number of aryl methyl sites for hydroxylation is 1. The van der Waals surface area contributed by atoms with E-state index in [9.17, 15) is 4.79 Å². The first kappa shape index (κ1) is 7.10. The number of rotatable bonds is 1. The Morgan fingerprint density at radius 2 is 2.17 bits per heavy atom. The maximum absolute atomic E-state index is 10.3. The molecule has 2 aromatic rings. The molecule has 12 heavy (non-hydrogen) atoms. The summed E-state index contributed by atoms with van der Waals surface area (Å²) in [4.78, 5) is 13.3. The van der Waals surface area contributed by atoms with Crippen molar-refractivity contribution >= 4 is 17.2 Å². The van der Waals surface area contributed by atoms with Crippen LogP contribution in [-0.2, 0) is 4.79 Å². The molecule has 0 unspecified atom stereocenters. The third kappa shape index (κ3) is 1.01. The van der Waals surface area contributed by atoms with Crippen LogP contribution >= 0.6 is 0 Å². The summed E-state index contributed by atoms with van der Waals surface area (Å²) < 4.78 is 0. The molecule has 0 amide bonds. The van der Waals surface area contributed by atoms with E-state index in [1.807, 2.05) is 31.4 Å². The molecule has 59 valence electrons. The van der Waals surface area contributed by atoms with E-state index in [4.69, 9.17) is 0 Å². The van der Waals surface area contributed by atoms with E-state index in [0.717, 1.165) is 10.9 Å². The van der Waals surface area contributed by atoms with Crippen molar-refractivity contribution in [2.24, 2.45) is 0 Å². The van der Waals surface area contributed by atoms with E-state index in [2.05, 4.69) is 4.98 Å². The average Bonchev–Trinajstić information content (AvgIpc) is 2.46. The van der Waals surface area contributed by atoms with Crippen LogP contribution in [0.25, 0.3) is 10.9 Å². The van der Waals surface area contributed by atoms with Gasteiger partial charge in [-0.05, 0) is 25.1 Å². The van der Waals surface area contributed by atoms with E-state index in [1.165, 1.54) is 5.56 Å². The van der Waals surface area contributed by atoms with Crippen LogP contribution in [0.5, 0.6) is 0 Å². The van der Waals surface area contributed by atoms with Gasteiger partial charge in [-0.1, -0.05) is 11.6 Å². The predicted molar refractivity (Wildman–Crippen MR) is 47.8 cm³/mol. The summed E-state index contributed by atoms with van der Waals surface area (Å²) in [5, 5.41) is 1.06. The molecule has 1 aromatic heterocycles. The Kier molecular flexibility index (Phi) is 1.47. The van der Waals surface area contributed by atoms with Crippen molar-refractivity contribution in [2.75, 3.05) is 0 Å². The molecule has 1 aromatic carbocycles. The zero-order chi connectivity index (χ0) is 8.55. The van der Waals surface area contributed by atoms with E-state index in [-0.39, 0.29) is 0 Å². The van der Waals surface area contributed by atoms with Gasteiger partial charge in [-0.15, -0.1) is 0 Å². The van der Waals surface area contributed by atoms with Gasteiger partial charge in [0, 0.05) is 10.9 Å². The van der Waals surface area contributed by atoms with Gasteiger partial charge in [0.25, 0.3) is 6.29 Å². The average molecular weight is 158 g/mol. The summed E-state index contributed by atoms with van der Waals surface area (Å²) in [6.07, 6.45) is 1.83. The molecule has 1 radical (unpaired) electrons. The number of fused-ring (bicyclic) bond motifs is 1. The van der Waals surface area contributed by atoms with Crippen molar-refractivity contribution in [2.45, 2.75) is 6.92 Å². The molecule has 0 bridgehead atoms.